The Kier molecular flexibility index (Phi) is 7.31. The molecule has 2 N–H and O–H groups in total. The van der Waals surface area contributed by atoms with Crippen molar-refractivity contribution in [3.8, 4) is 0 Å². The maximum Gasteiger partial charge on any atom is 0.191 e. The van der Waals surface area contributed by atoms with Gasteiger partial charge in [-0.05, 0) is 25.8 Å². The van der Waals surface area contributed by atoms with Crippen LogP contribution in [0.4, 0.5) is 0 Å². The van der Waals surface area contributed by atoms with Gasteiger partial charge in [0.05, 0.1) is 37.3 Å². The van der Waals surface area contributed by atoms with Gasteiger partial charge >= 0.3 is 0 Å². The molecule has 0 amide bonds. The smallest absolute Gasteiger partial charge is 0.191 e. The fourth-order valence-electron chi connectivity index (χ4n) is 3.80. The van der Waals surface area contributed by atoms with Gasteiger partial charge in [0, 0.05) is 25.7 Å². The van der Waals surface area contributed by atoms with E-state index in [1.165, 1.54) is 11.1 Å². The molecule has 156 valence electrons. The summed E-state index contributed by atoms with van der Waals surface area (Å²) < 4.78 is 29.0. The van der Waals surface area contributed by atoms with Crippen molar-refractivity contribution in [2.45, 2.75) is 32.4 Å². The standard InChI is InChI=1S/C20H32N4O3S/c1-3-21-20(23-18-7-12-28(25,26)15-18)22-14-19(24-8-10-27-11-9-24)17-6-4-5-16(2)13-17/h4-6,13,18-19H,3,7-12,14-15H2,1-2H3,(H2,21,22,23). The van der Waals surface area contributed by atoms with Crippen LogP contribution in [0.3, 0.4) is 0 Å². The maximum absolute atomic E-state index is 11.8. The molecule has 0 bridgehead atoms. The summed E-state index contributed by atoms with van der Waals surface area (Å²) in [7, 11) is -2.92. The molecular weight excluding hydrogens is 376 g/mol. The minimum Gasteiger partial charge on any atom is -0.379 e. The molecule has 2 heterocycles. The third kappa shape index (κ3) is 5.93. The molecule has 0 aliphatic carbocycles. The van der Waals surface area contributed by atoms with E-state index in [0.717, 1.165) is 32.8 Å². The van der Waals surface area contributed by atoms with E-state index in [0.29, 0.717) is 18.9 Å². The predicted molar refractivity (Wildman–Crippen MR) is 112 cm³/mol. The van der Waals surface area contributed by atoms with Crippen molar-refractivity contribution < 1.29 is 13.2 Å². The van der Waals surface area contributed by atoms with E-state index in [2.05, 4.69) is 46.7 Å². The molecule has 3 rings (SSSR count). The average molecular weight is 409 g/mol. The quantitative estimate of drug-likeness (QED) is 0.542. The predicted octanol–water partition coefficient (Wildman–Crippen LogP) is 1.11. The summed E-state index contributed by atoms with van der Waals surface area (Å²) in [4.78, 5) is 7.25. The molecule has 2 aliphatic rings. The number of guanidine groups is 1. The first-order valence-electron chi connectivity index (χ1n) is 10.1. The second kappa shape index (κ2) is 9.71. The Hall–Kier alpha value is -1.64. The second-order valence-corrected chi connectivity index (χ2v) is 9.77. The molecule has 0 saturated carbocycles. The normalized spacial score (nSPS) is 24.1. The first-order valence-corrected chi connectivity index (χ1v) is 11.9. The van der Waals surface area contributed by atoms with Crippen LogP contribution in [-0.2, 0) is 14.6 Å². The molecular formula is C20H32N4O3S. The highest BCUT2D eigenvalue weighted by molar-refractivity contribution is 7.91. The van der Waals surface area contributed by atoms with Gasteiger partial charge in [0.25, 0.3) is 0 Å². The topological polar surface area (TPSA) is 83.0 Å². The number of hydrogen-bond donors (Lipinski definition) is 2. The number of benzene rings is 1. The van der Waals surface area contributed by atoms with Crippen LogP contribution in [0.2, 0.25) is 0 Å². The second-order valence-electron chi connectivity index (χ2n) is 7.54. The van der Waals surface area contributed by atoms with Gasteiger partial charge in [-0.1, -0.05) is 29.8 Å². The van der Waals surface area contributed by atoms with Gasteiger partial charge in [-0.25, -0.2) is 8.42 Å². The Morgan fingerprint density at radius 1 is 1.36 bits per heavy atom. The molecule has 7 nitrogen and oxygen atoms in total. The highest BCUT2D eigenvalue weighted by Crippen LogP contribution is 2.23. The fraction of sp³-hybridized carbons (Fsp3) is 0.650. The molecule has 0 spiro atoms. The van der Waals surface area contributed by atoms with Crippen molar-refractivity contribution in [2.24, 2.45) is 4.99 Å². The lowest BCUT2D eigenvalue weighted by atomic mass is 10.0. The van der Waals surface area contributed by atoms with Crippen LogP contribution >= 0.6 is 0 Å². The van der Waals surface area contributed by atoms with Crippen molar-refractivity contribution >= 4 is 15.8 Å². The molecule has 8 heteroatoms. The molecule has 0 aromatic heterocycles. The van der Waals surface area contributed by atoms with Crippen molar-refractivity contribution in [1.29, 1.82) is 0 Å². The zero-order valence-electron chi connectivity index (χ0n) is 16.9. The first kappa shape index (κ1) is 21.1. The molecule has 0 radical (unpaired) electrons. The summed E-state index contributed by atoms with van der Waals surface area (Å²) in [6.45, 7) is 8.72. The first-order chi connectivity index (χ1) is 13.5. The van der Waals surface area contributed by atoms with Crippen LogP contribution in [-0.4, -0.2) is 76.2 Å². The lowest BCUT2D eigenvalue weighted by Crippen LogP contribution is -2.45. The van der Waals surface area contributed by atoms with Crippen LogP contribution < -0.4 is 10.6 Å². The third-order valence-electron chi connectivity index (χ3n) is 5.25. The van der Waals surface area contributed by atoms with E-state index in [9.17, 15) is 8.42 Å². The van der Waals surface area contributed by atoms with E-state index in [-0.39, 0.29) is 23.6 Å². The SMILES string of the molecule is CCNC(=NCC(c1cccc(C)c1)N1CCOCC1)NC1CCS(=O)(=O)C1. The van der Waals surface area contributed by atoms with Crippen molar-refractivity contribution in [3.05, 3.63) is 35.4 Å². The molecule has 2 fully saturated rings. The molecule has 2 aliphatic heterocycles. The number of morpholine rings is 1. The van der Waals surface area contributed by atoms with Gasteiger partial charge in [-0.2, -0.15) is 0 Å². The van der Waals surface area contributed by atoms with E-state index in [1.54, 1.807) is 0 Å². The number of aliphatic imine (C=N–C) groups is 1. The Morgan fingerprint density at radius 2 is 2.14 bits per heavy atom. The van der Waals surface area contributed by atoms with Crippen LogP contribution in [0.5, 0.6) is 0 Å². The zero-order chi connectivity index (χ0) is 20.0. The number of aryl methyl sites for hydroxylation is 1. The molecule has 2 saturated heterocycles. The van der Waals surface area contributed by atoms with Gasteiger partial charge in [0.1, 0.15) is 0 Å². The summed E-state index contributed by atoms with van der Waals surface area (Å²) in [6, 6.07) is 8.69. The van der Waals surface area contributed by atoms with Crippen LogP contribution in [0.25, 0.3) is 0 Å². The highest BCUT2D eigenvalue weighted by atomic mass is 32.2. The van der Waals surface area contributed by atoms with Gasteiger partial charge < -0.3 is 15.4 Å². The van der Waals surface area contributed by atoms with Gasteiger partial charge in [0.15, 0.2) is 15.8 Å². The van der Waals surface area contributed by atoms with E-state index in [4.69, 9.17) is 9.73 Å². The van der Waals surface area contributed by atoms with E-state index < -0.39 is 9.84 Å². The average Bonchev–Trinajstić information content (AvgIpc) is 3.01. The van der Waals surface area contributed by atoms with Crippen LogP contribution in [0.15, 0.2) is 29.3 Å². The summed E-state index contributed by atoms with van der Waals surface area (Å²) >= 11 is 0. The third-order valence-corrected chi connectivity index (χ3v) is 7.02. The Morgan fingerprint density at radius 3 is 2.79 bits per heavy atom. The molecule has 1 aromatic carbocycles. The number of nitrogens with zero attached hydrogens (tertiary/aromatic N) is 2. The number of hydrogen-bond acceptors (Lipinski definition) is 5. The van der Waals surface area contributed by atoms with E-state index in [1.807, 2.05) is 6.92 Å². The number of sulfone groups is 1. The number of nitrogens with one attached hydrogen (secondary N) is 2. The largest absolute Gasteiger partial charge is 0.379 e. The van der Waals surface area contributed by atoms with Crippen molar-refractivity contribution in [1.82, 2.24) is 15.5 Å². The van der Waals surface area contributed by atoms with Gasteiger partial charge in [0.2, 0.25) is 0 Å². The fourth-order valence-corrected chi connectivity index (χ4v) is 5.47. The van der Waals surface area contributed by atoms with Crippen LogP contribution in [0, 0.1) is 6.92 Å². The van der Waals surface area contributed by atoms with Crippen LogP contribution in [0.1, 0.15) is 30.5 Å². The summed E-state index contributed by atoms with van der Waals surface area (Å²) in [6.07, 6.45) is 0.636. The molecule has 2 atom stereocenters. The molecule has 1 aromatic rings. The van der Waals surface area contributed by atoms with E-state index >= 15 is 0 Å². The minimum absolute atomic E-state index is 0.0661. The van der Waals surface area contributed by atoms with Crippen molar-refractivity contribution in [2.75, 3.05) is 50.9 Å². The monoisotopic (exact) mass is 408 g/mol. The summed E-state index contributed by atoms with van der Waals surface area (Å²) in [5.74, 6) is 1.13. The Bertz CT molecular complexity index is 775. The van der Waals surface area contributed by atoms with Gasteiger partial charge in [-0.3, -0.25) is 9.89 Å². The Balaban J connectivity index is 1.75. The highest BCUT2D eigenvalue weighted by Gasteiger charge is 2.28. The van der Waals surface area contributed by atoms with Crippen molar-refractivity contribution in [3.63, 3.8) is 0 Å². The summed E-state index contributed by atoms with van der Waals surface area (Å²) in [5.41, 5.74) is 2.49. The lowest BCUT2D eigenvalue weighted by Gasteiger charge is -2.34. The molecule has 2 unspecified atom stereocenters. The lowest BCUT2D eigenvalue weighted by molar-refractivity contribution is 0.0179. The Labute approximate surface area is 168 Å². The summed E-state index contributed by atoms with van der Waals surface area (Å²) in [5, 5.41) is 6.57. The van der Waals surface area contributed by atoms with Gasteiger partial charge in [-0.15, -0.1) is 0 Å². The number of rotatable bonds is 6. The number of ether oxygens (including phenoxy) is 1. The zero-order valence-corrected chi connectivity index (χ0v) is 17.7. The minimum atomic E-state index is -2.92. The molecule has 28 heavy (non-hydrogen) atoms. The maximum atomic E-state index is 11.8.